The standard InChI is InChI=1S/C23H17N3O3/c1-29-16-11-9-15(10-12-16)26-23(28)21-20(27)13-19(24-22(21)25-26)18-8-4-6-14-5-2-3-7-17(14)18/h2-13H,1H3,(H2,24,25,27). The van der Waals surface area contributed by atoms with Gasteiger partial charge in [-0.3, -0.25) is 14.7 Å². The van der Waals surface area contributed by atoms with Crippen LogP contribution in [0.1, 0.15) is 0 Å². The fraction of sp³-hybridized carbons (Fsp3) is 0.0435. The van der Waals surface area contributed by atoms with Gasteiger partial charge in [-0.25, -0.2) is 4.68 Å². The molecule has 6 heteroatoms. The van der Waals surface area contributed by atoms with Gasteiger partial charge in [0, 0.05) is 11.6 Å². The summed E-state index contributed by atoms with van der Waals surface area (Å²) in [6.07, 6.45) is 0. The zero-order chi connectivity index (χ0) is 20.0. The maximum atomic E-state index is 12.8. The smallest absolute Gasteiger partial charge is 0.284 e. The van der Waals surface area contributed by atoms with E-state index in [1.54, 1.807) is 31.4 Å². The number of methoxy groups -OCH3 is 1. The monoisotopic (exact) mass is 383 g/mol. The Labute approximate surface area is 165 Å². The highest BCUT2D eigenvalue weighted by Crippen LogP contribution is 2.27. The zero-order valence-electron chi connectivity index (χ0n) is 15.6. The van der Waals surface area contributed by atoms with Crippen LogP contribution in [0.4, 0.5) is 0 Å². The number of nitrogens with one attached hydrogen (secondary N) is 2. The Kier molecular flexibility index (Phi) is 3.84. The van der Waals surface area contributed by atoms with Crippen molar-refractivity contribution >= 4 is 21.8 Å². The van der Waals surface area contributed by atoms with Crippen LogP contribution in [0.15, 0.2) is 82.4 Å². The summed E-state index contributed by atoms with van der Waals surface area (Å²) in [5, 5.41) is 5.23. The normalized spacial score (nSPS) is 11.2. The molecule has 0 spiro atoms. The van der Waals surface area contributed by atoms with E-state index in [9.17, 15) is 9.59 Å². The molecule has 29 heavy (non-hydrogen) atoms. The van der Waals surface area contributed by atoms with Crippen molar-refractivity contribution in [2.24, 2.45) is 0 Å². The van der Waals surface area contributed by atoms with E-state index in [1.165, 1.54) is 10.7 Å². The SMILES string of the molecule is COc1ccc(-n2[nH]c3[nH]c(-c4cccc5ccccc45)cc(=O)c3c2=O)cc1. The van der Waals surface area contributed by atoms with Crippen molar-refractivity contribution in [2.75, 3.05) is 7.11 Å². The Bertz CT molecular complexity index is 1470. The molecule has 0 amide bonds. The Balaban J connectivity index is 1.72. The van der Waals surface area contributed by atoms with Crippen LogP contribution in [-0.4, -0.2) is 21.9 Å². The topological polar surface area (TPSA) is 79.9 Å². The largest absolute Gasteiger partial charge is 0.497 e. The second-order valence-electron chi connectivity index (χ2n) is 6.77. The third-order valence-electron chi connectivity index (χ3n) is 5.08. The average Bonchev–Trinajstić information content (AvgIpc) is 3.10. The lowest BCUT2D eigenvalue weighted by Gasteiger charge is -2.07. The minimum Gasteiger partial charge on any atom is -0.497 e. The van der Waals surface area contributed by atoms with Gasteiger partial charge < -0.3 is 9.72 Å². The molecule has 0 bridgehead atoms. The van der Waals surface area contributed by atoms with Gasteiger partial charge in [0.15, 0.2) is 5.43 Å². The minimum absolute atomic E-state index is 0.102. The Morgan fingerprint density at radius 2 is 1.66 bits per heavy atom. The summed E-state index contributed by atoms with van der Waals surface area (Å²) in [6.45, 7) is 0. The molecule has 2 N–H and O–H groups in total. The molecule has 3 aromatic carbocycles. The fourth-order valence-corrected chi connectivity index (χ4v) is 3.65. The van der Waals surface area contributed by atoms with Gasteiger partial charge in [0.2, 0.25) is 0 Å². The zero-order valence-corrected chi connectivity index (χ0v) is 15.6. The molecule has 5 aromatic rings. The first-order chi connectivity index (χ1) is 14.2. The van der Waals surface area contributed by atoms with Gasteiger partial charge >= 0.3 is 0 Å². The number of fused-ring (bicyclic) bond motifs is 2. The van der Waals surface area contributed by atoms with Gasteiger partial charge in [0.05, 0.1) is 18.5 Å². The summed E-state index contributed by atoms with van der Waals surface area (Å²) in [5.74, 6) is 0.687. The minimum atomic E-state index is -0.393. The second kappa shape index (κ2) is 6.53. The molecular formula is C23H17N3O3. The predicted octanol–water partition coefficient (Wildman–Crippen LogP) is 3.84. The lowest BCUT2D eigenvalue weighted by molar-refractivity contribution is 0.414. The van der Waals surface area contributed by atoms with Gasteiger partial charge in [-0.1, -0.05) is 42.5 Å². The number of nitrogens with zero attached hydrogens (tertiary/aromatic N) is 1. The van der Waals surface area contributed by atoms with Crippen LogP contribution in [0.25, 0.3) is 38.8 Å². The first kappa shape index (κ1) is 17.1. The summed E-state index contributed by atoms with van der Waals surface area (Å²) in [6, 6.07) is 22.4. The molecule has 5 rings (SSSR count). The van der Waals surface area contributed by atoms with Gasteiger partial charge in [-0.2, -0.15) is 0 Å². The second-order valence-corrected chi connectivity index (χ2v) is 6.77. The molecule has 0 aliphatic heterocycles. The van der Waals surface area contributed by atoms with Crippen molar-refractivity contribution in [1.82, 2.24) is 14.8 Å². The number of rotatable bonds is 3. The third-order valence-corrected chi connectivity index (χ3v) is 5.08. The van der Waals surface area contributed by atoms with Crippen molar-refractivity contribution in [2.45, 2.75) is 0 Å². The van der Waals surface area contributed by atoms with Gasteiger partial charge in [-0.15, -0.1) is 0 Å². The van der Waals surface area contributed by atoms with Crippen molar-refractivity contribution in [3.05, 3.63) is 93.4 Å². The van der Waals surface area contributed by atoms with E-state index in [0.717, 1.165) is 16.3 Å². The van der Waals surface area contributed by atoms with E-state index in [-0.39, 0.29) is 10.8 Å². The lowest BCUT2D eigenvalue weighted by atomic mass is 10.0. The van der Waals surface area contributed by atoms with E-state index in [2.05, 4.69) is 10.1 Å². The molecule has 6 nitrogen and oxygen atoms in total. The van der Waals surface area contributed by atoms with Gasteiger partial charge in [0.25, 0.3) is 5.56 Å². The molecule has 0 fully saturated rings. The quantitative estimate of drug-likeness (QED) is 0.497. The van der Waals surface area contributed by atoms with Crippen LogP contribution in [-0.2, 0) is 0 Å². The molecular weight excluding hydrogens is 366 g/mol. The molecule has 0 aliphatic rings. The van der Waals surface area contributed by atoms with Crippen LogP contribution >= 0.6 is 0 Å². The number of H-pyrrole nitrogens is 2. The maximum Gasteiger partial charge on any atom is 0.284 e. The van der Waals surface area contributed by atoms with E-state index < -0.39 is 5.56 Å². The molecule has 0 atom stereocenters. The lowest BCUT2D eigenvalue weighted by Crippen LogP contribution is -2.18. The molecule has 0 radical (unpaired) electrons. The number of ether oxygens (including phenoxy) is 1. The number of aromatic nitrogens is 3. The van der Waals surface area contributed by atoms with Crippen LogP contribution in [0.3, 0.4) is 0 Å². The van der Waals surface area contributed by atoms with Gasteiger partial charge in [-0.05, 0) is 35.0 Å². The van der Waals surface area contributed by atoms with Gasteiger partial charge in [0.1, 0.15) is 16.8 Å². The molecule has 142 valence electrons. The van der Waals surface area contributed by atoms with Crippen molar-refractivity contribution in [3.8, 4) is 22.7 Å². The summed E-state index contributed by atoms with van der Waals surface area (Å²) in [4.78, 5) is 28.9. The highest BCUT2D eigenvalue weighted by Gasteiger charge is 2.15. The fourth-order valence-electron chi connectivity index (χ4n) is 3.65. The van der Waals surface area contributed by atoms with Crippen LogP contribution < -0.4 is 15.7 Å². The first-order valence-corrected chi connectivity index (χ1v) is 9.16. The molecule has 0 aliphatic carbocycles. The highest BCUT2D eigenvalue weighted by molar-refractivity contribution is 5.96. The Morgan fingerprint density at radius 1 is 0.897 bits per heavy atom. The number of hydrogen-bond donors (Lipinski definition) is 2. The number of aromatic amines is 2. The summed E-state index contributed by atoms with van der Waals surface area (Å²) >= 11 is 0. The first-order valence-electron chi connectivity index (χ1n) is 9.16. The van der Waals surface area contributed by atoms with Crippen molar-refractivity contribution < 1.29 is 4.74 Å². The molecule has 2 aromatic heterocycles. The highest BCUT2D eigenvalue weighted by atomic mass is 16.5. The average molecular weight is 383 g/mol. The number of hydrogen-bond acceptors (Lipinski definition) is 3. The summed E-state index contributed by atoms with van der Waals surface area (Å²) in [7, 11) is 1.58. The van der Waals surface area contributed by atoms with E-state index in [1.807, 2.05) is 42.5 Å². The predicted molar refractivity (Wildman–Crippen MR) is 114 cm³/mol. The van der Waals surface area contributed by atoms with Crippen molar-refractivity contribution in [3.63, 3.8) is 0 Å². The molecule has 0 saturated carbocycles. The molecule has 2 heterocycles. The maximum absolute atomic E-state index is 12.8. The van der Waals surface area contributed by atoms with E-state index in [4.69, 9.17) is 4.74 Å². The molecule has 0 unspecified atom stereocenters. The molecule has 0 saturated heterocycles. The summed E-state index contributed by atoms with van der Waals surface area (Å²) < 4.78 is 6.52. The van der Waals surface area contributed by atoms with Crippen LogP contribution in [0, 0.1) is 0 Å². The van der Waals surface area contributed by atoms with E-state index >= 15 is 0 Å². The van der Waals surface area contributed by atoms with Crippen LogP contribution in [0.2, 0.25) is 0 Å². The van der Waals surface area contributed by atoms with E-state index in [0.29, 0.717) is 22.8 Å². The summed E-state index contributed by atoms with van der Waals surface area (Å²) in [5.41, 5.74) is 1.85. The number of pyridine rings is 1. The Hall–Kier alpha value is -4.06. The number of benzene rings is 3. The third kappa shape index (κ3) is 2.73. The van der Waals surface area contributed by atoms with Crippen LogP contribution in [0.5, 0.6) is 5.75 Å². The van der Waals surface area contributed by atoms with Crippen molar-refractivity contribution in [1.29, 1.82) is 0 Å². The Morgan fingerprint density at radius 3 is 2.45 bits per heavy atom.